The molecule has 0 saturated heterocycles. The van der Waals surface area contributed by atoms with Gasteiger partial charge in [-0.1, -0.05) is 12.1 Å². The van der Waals surface area contributed by atoms with Crippen LogP contribution >= 0.6 is 0 Å². The fraction of sp³-hybridized carbons (Fsp3) is 0.167. The third-order valence-electron chi connectivity index (χ3n) is 3.69. The Hall–Kier alpha value is -3.35. The van der Waals surface area contributed by atoms with Gasteiger partial charge in [-0.2, -0.15) is 0 Å². The Morgan fingerprint density at radius 3 is 2.72 bits per heavy atom. The standard InChI is InChI=1S/C18H18N4O3/c1-2-25-17(24)12-5-3-11(4-6-12)10-20-13-7-8-15-14(9-13)16(23)22-18(19)21-15/h3-9,20H,2,10H2,1H3,(H3,19,21,22,23). The van der Waals surface area contributed by atoms with Gasteiger partial charge in [-0.3, -0.25) is 9.78 Å². The van der Waals surface area contributed by atoms with Crippen LogP contribution in [0.15, 0.2) is 47.3 Å². The predicted molar refractivity (Wildman–Crippen MR) is 96.5 cm³/mol. The summed E-state index contributed by atoms with van der Waals surface area (Å²) in [5.41, 5.74) is 8.12. The number of benzene rings is 2. The summed E-state index contributed by atoms with van der Waals surface area (Å²) in [7, 11) is 0. The maximum atomic E-state index is 11.9. The first-order chi connectivity index (χ1) is 12.1. The van der Waals surface area contributed by atoms with Gasteiger partial charge >= 0.3 is 5.97 Å². The van der Waals surface area contributed by atoms with Gasteiger partial charge in [0.15, 0.2) is 0 Å². The van der Waals surface area contributed by atoms with Crippen LogP contribution in [0.5, 0.6) is 0 Å². The van der Waals surface area contributed by atoms with E-state index in [0.29, 0.717) is 29.6 Å². The lowest BCUT2D eigenvalue weighted by Crippen LogP contribution is -2.11. The van der Waals surface area contributed by atoms with Crippen molar-refractivity contribution in [3.05, 3.63) is 63.9 Å². The number of fused-ring (bicyclic) bond motifs is 1. The average molecular weight is 338 g/mol. The van der Waals surface area contributed by atoms with E-state index in [2.05, 4.69) is 15.3 Å². The quantitative estimate of drug-likeness (QED) is 0.616. The monoisotopic (exact) mass is 338 g/mol. The molecule has 0 amide bonds. The highest BCUT2D eigenvalue weighted by atomic mass is 16.5. The van der Waals surface area contributed by atoms with Crippen molar-refractivity contribution in [3.8, 4) is 0 Å². The van der Waals surface area contributed by atoms with Crippen LogP contribution in [0, 0.1) is 0 Å². The van der Waals surface area contributed by atoms with Crippen LogP contribution in [0.1, 0.15) is 22.8 Å². The van der Waals surface area contributed by atoms with Gasteiger partial charge in [0.05, 0.1) is 23.1 Å². The summed E-state index contributed by atoms with van der Waals surface area (Å²) in [6, 6.07) is 12.5. The lowest BCUT2D eigenvalue weighted by molar-refractivity contribution is 0.0526. The van der Waals surface area contributed by atoms with Crippen molar-refractivity contribution in [3.63, 3.8) is 0 Å². The number of aromatic nitrogens is 2. The molecule has 25 heavy (non-hydrogen) atoms. The van der Waals surface area contributed by atoms with Gasteiger partial charge in [-0.15, -0.1) is 0 Å². The largest absolute Gasteiger partial charge is 0.462 e. The van der Waals surface area contributed by atoms with Crippen LogP contribution in [0.4, 0.5) is 11.6 Å². The molecule has 128 valence electrons. The molecule has 0 spiro atoms. The summed E-state index contributed by atoms with van der Waals surface area (Å²) in [6.07, 6.45) is 0. The Kier molecular flexibility index (Phi) is 4.65. The number of esters is 1. The van der Waals surface area contributed by atoms with Crippen molar-refractivity contribution >= 4 is 28.5 Å². The average Bonchev–Trinajstić information content (AvgIpc) is 2.61. The van der Waals surface area contributed by atoms with E-state index in [1.807, 2.05) is 18.2 Å². The number of nitrogens with two attached hydrogens (primary N) is 1. The molecule has 0 unspecified atom stereocenters. The molecule has 4 N–H and O–H groups in total. The van der Waals surface area contributed by atoms with E-state index >= 15 is 0 Å². The second kappa shape index (κ2) is 7.04. The summed E-state index contributed by atoms with van der Waals surface area (Å²) in [5.74, 6) is -0.234. The molecule has 1 aromatic heterocycles. The molecule has 0 saturated carbocycles. The smallest absolute Gasteiger partial charge is 0.338 e. The highest BCUT2D eigenvalue weighted by Gasteiger charge is 2.06. The first kappa shape index (κ1) is 16.5. The molecule has 7 nitrogen and oxygen atoms in total. The molecular weight excluding hydrogens is 320 g/mol. The molecule has 2 aromatic carbocycles. The predicted octanol–water partition coefficient (Wildman–Crippen LogP) is 2.29. The number of H-pyrrole nitrogens is 1. The molecule has 0 atom stereocenters. The number of ether oxygens (including phenoxy) is 1. The Balaban J connectivity index is 1.72. The topological polar surface area (TPSA) is 110 Å². The van der Waals surface area contributed by atoms with E-state index in [9.17, 15) is 9.59 Å². The van der Waals surface area contributed by atoms with Crippen molar-refractivity contribution < 1.29 is 9.53 Å². The van der Waals surface area contributed by atoms with Crippen molar-refractivity contribution in [1.82, 2.24) is 9.97 Å². The Labute approximate surface area is 143 Å². The fourth-order valence-electron chi connectivity index (χ4n) is 2.44. The first-order valence-corrected chi connectivity index (χ1v) is 7.86. The molecule has 0 radical (unpaired) electrons. The molecule has 0 aliphatic heterocycles. The van der Waals surface area contributed by atoms with E-state index in [1.165, 1.54) is 0 Å². The molecule has 0 aliphatic carbocycles. The number of hydrogen-bond acceptors (Lipinski definition) is 6. The van der Waals surface area contributed by atoms with Crippen LogP contribution in [0.3, 0.4) is 0 Å². The number of anilines is 2. The summed E-state index contributed by atoms with van der Waals surface area (Å²) < 4.78 is 4.96. The molecule has 1 heterocycles. The zero-order valence-electron chi connectivity index (χ0n) is 13.7. The Morgan fingerprint density at radius 2 is 2.00 bits per heavy atom. The number of nitrogens with zero attached hydrogens (tertiary/aromatic N) is 1. The van der Waals surface area contributed by atoms with Crippen LogP contribution in [0.25, 0.3) is 10.9 Å². The number of nitrogens with one attached hydrogen (secondary N) is 2. The zero-order chi connectivity index (χ0) is 17.8. The normalized spacial score (nSPS) is 10.6. The van der Waals surface area contributed by atoms with E-state index < -0.39 is 0 Å². The van der Waals surface area contributed by atoms with Gasteiger partial charge in [0, 0.05) is 12.2 Å². The minimum absolute atomic E-state index is 0.0971. The van der Waals surface area contributed by atoms with Crippen molar-refractivity contribution in [2.75, 3.05) is 17.7 Å². The minimum Gasteiger partial charge on any atom is -0.462 e. The molecular formula is C18H18N4O3. The Morgan fingerprint density at radius 1 is 1.24 bits per heavy atom. The summed E-state index contributed by atoms with van der Waals surface area (Å²) in [5, 5.41) is 3.71. The highest BCUT2D eigenvalue weighted by Crippen LogP contribution is 2.16. The van der Waals surface area contributed by atoms with Gasteiger partial charge in [-0.25, -0.2) is 9.78 Å². The van der Waals surface area contributed by atoms with Crippen LogP contribution in [0.2, 0.25) is 0 Å². The number of hydrogen-bond donors (Lipinski definition) is 3. The second-order valence-corrected chi connectivity index (χ2v) is 5.45. The zero-order valence-corrected chi connectivity index (χ0v) is 13.7. The number of carbonyl (C=O) groups excluding carboxylic acids is 1. The number of aromatic amines is 1. The summed E-state index contributed by atoms with van der Waals surface area (Å²) in [6.45, 7) is 2.67. The maximum absolute atomic E-state index is 11.9. The molecule has 0 aliphatic rings. The van der Waals surface area contributed by atoms with Gasteiger partial charge in [0.2, 0.25) is 5.95 Å². The van der Waals surface area contributed by atoms with Crippen LogP contribution in [-0.2, 0) is 11.3 Å². The van der Waals surface area contributed by atoms with Gasteiger partial charge in [0.25, 0.3) is 5.56 Å². The van der Waals surface area contributed by atoms with Gasteiger partial charge in [-0.05, 0) is 42.8 Å². The first-order valence-electron chi connectivity index (χ1n) is 7.86. The summed E-state index contributed by atoms with van der Waals surface area (Å²) >= 11 is 0. The number of carbonyl (C=O) groups is 1. The van der Waals surface area contributed by atoms with Crippen LogP contribution in [-0.4, -0.2) is 22.5 Å². The molecule has 3 rings (SSSR count). The third-order valence-corrected chi connectivity index (χ3v) is 3.69. The van der Waals surface area contributed by atoms with Crippen molar-refractivity contribution in [2.24, 2.45) is 0 Å². The molecule has 0 fully saturated rings. The van der Waals surface area contributed by atoms with Gasteiger partial charge in [0.1, 0.15) is 0 Å². The third kappa shape index (κ3) is 3.77. The van der Waals surface area contributed by atoms with E-state index in [4.69, 9.17) is 10.5 Å². The van der Waals surface area contributed by atoms with Crippen molar-refractivity contribution in [2.45, 2.75) is 13.5 Å². The minimum atomic E-state index is -0.331. The summed E-state index contributed by atoms with van der Waals surface area (Å²) in [4.78, 5) is 30.1. The maximum Gasteiger partial charge on any atom is 0.338 e. The number of rotatable bonds is 5. The lowest BCUT2D eigenvalue weighted by atomic mass is 10.1. The van der Waals surface area contributed by atoms with E-state index in [0.717, 1.165) is 11.3 Å². The number of nitrogen functional groups attached to an aromatic ring is 1. The Bertz CT molecular complexity index is 964. The molecule has 0 bridgehead atoms. The van der Waals surface area contributed by atoms with Crippen molar-refractivity contribution in [1.29, 1.82) is 0 Å². The molecule has 3 aromatic rings. The highest BCUT2D eigenvalue weighted by molar-refractivity contribution is 5.89. The molecule has 7 heteroatoms. The van der Waals surface area contributed by atoms with Gasteiger partial charge < -0.3 is 15.8 Å². The van der Waals surface area contributed by atoms with E-state index in [1.54, 1.807) is 31.2 Å². The van der Waals surface area contributed by atoms with E-state index in [-0.39, 0.29) is 17.5 Å². The fourth-order valence-corrected chi connectivity index (χ4v) is 2.44. The second-order valence-electron chi connectivity index (χ2n) is 5.45. The van der Waals surface area contributed by atoms with Crippen LogP contribution < -0.4 is 16.6 Å². The lowest BCUT2D eigenvalue weighted by Gasteiger charge is -2.08. The SMILES string of the molecule is CCOC(=O)c1ccc(CNc2ccc3nc(N)[nH]c(=O)c3c2)cc1.